The van der Waals surface area contributed by atoms with Crippen molar-refractivity contribution in [3.63, 3.8) is 0 Å². The average Bonchev–Trinajstić information content (AvgIpc) is 2.50. The van der Waals surface area contributed by atoms with E-state index in [0.29, 0.717) is 18.0 Å². The van der Waals surface area contributed by atoms with Crippen molar-refractivity contribution in [1.82, 2.24) is 25.5 Å². The van der Waals surface area contributed by atoms with E-state index in [4.69, 9.17) is 0 Å². The fraction of sp³-hybridized carbons (Fsp3) is 0.900. The summed E-state index contributed by atoms with van der Waals surface area (Å²) < 4.78 is 0. The summed E-state index contributed by atoms with van der Waals surface area (Å²) in [6, 6.07) is 0.978. The molecular weight excluding hydrogens is 190 g/mol. The van der Waals surface area contributed by atoms with Gasteiger partial charge in [-0.2, -0.15) is 4.80 Å². The van der Waals surface area contributed by atoms with Gasteiger partial charge >= 0.3 is 0 Å². The Morgan fingerprint density at radius 2 is 1.93 bits per heavy atom. The minimum atomic E-state index is 0.466. The molecule has 1 heterocycles. The van der Waals surface area contributed by atoms with Crippen LogP contribution in [0.1, 0.15) is 33.5 Å². The molecular formula is C10H21N5. The summed E-state index contributed by atoms with van der Waals surface area (Å²) in [7, 11) is 1.79. The van der Waals surface area contributed by atoms with Crippen LogP contribution in [0.5, 0.6) is 0 Å². The van der Waals surface area contributed by atoms with E-state index in [1.165, 1.54) is 4.80 Å². The molecule has 0 spiro atoms. The summed E-state index contributed by atoms with van der Waals surface area (Å²) in [5.41, 5.74) is 0. The molecule has 0 amide bonds. The van der Waals surface area contributed by atoms with E-state index in [2.05, 4.69) is 48.4 Å². The SMILES string of the molecule is CC(C)NC(C)C(C)Cc1nnn(C)n1. The van der Waals surface area contributed by atoms with E-state index < -0.39 is 0 Å². The van der Waals surface area contributed by atoms with E-state index in [0.717, 1.165) is 12.2 Å². The molecule has 5 nitrogen and oxygen atoms in total. The topological polar surface area (TPSA) is 55.6 Å². The van der Waals surface area contributed by atoms with Gasteiger partial charge in [0.25, 0.3) is 0 Å². The van der Waals surface area contributed by atoms with Gasteiger partial charge in [-0.3, -0.25) is 0 Å². The van der Waals surface area contributed by atoms with Crippen LogP contribution in [-0.4, -0.2) is 32.3 Å². The fourth-order valence-corrected chi connectivity index (χ4v) is 1.56. The maximum absolute atomic E-state index is 4.18. The summed E-state index contributed by atoms with van der Waals surface area (Å²) >= 11 is 0. The summed E-state index contributed by atoms with van der Waals surface area (Å²) in [5, 5.41) is 15.5. The van der Waals surface area contributed by atoms with Crippen LogP contribution in [0.3, 0.4) is 0 Å². The Hall–Kier alpha value is -0.970. The molecule has 1 N–H and O–H groups in total. The molecule has 1 rings (SSSR count). The van der Waals surface area contributed by atoms with Gasteiger partial charge in [0, 0.05) is 18.5 Å². The second-order valence-corrected chi connectivity index (χ2v) is 4.49. The van der Waals surface area contributed by atoms with Crippen molar-refractivity contribution in [2.24, 2.45) is 13.0 Å². The molecule has 1 aromatic heterocycles. The van der Waals surface area contributed by atoms with Crippen molar-refractivity contribution in [1.29, 1.82) is 0 Å². The summed E-state index contributed by atoms with van der Waals surface area (Å²) in [5.74, 6) is 1.33. The first-order valence-electron chi connectivity index (χ1n) is 5.48. The molecule has 0 fully saturated rings. The summed E-state index contributed by atoms with van der Waals surface area (Å²) in [6.45, 7) is 8.71. The zero-order chi connectivity index (χ0) is 11.4. The molecule has 15 heavy (non-hydrogen) atoms. The van der Waals surface area contributed by atoms with Gasteiger partial charge in [-0.25, -0.2) is 0 Å². The molecule has 5 heteroatoms. The molecule has 2 unspecified atom stereocenters. The van der Waals surface area contributed by atoms with Crippen molar-refractivity contribution in [2.45, 2.75) is 46.2 Å². The number of hydrogen-bond donors (Lipinski definition) is 1. The molecule has 0 aliphatic rings. The Bertz CT molecular complexity index is 294. The standard InChI is InChI=1S/C10H21N5/c1-7(2)11-9(4)8(3)6-10-12-14-15(5)13-10/h7-9,11H,6H2,1-5H3. The number of aromatic nitrogens is 4. The smallest absolute Gasteiger partial charge is 0.175 e. The highest BCUT2D eigenvalue weighted by atomic mass is 15.6. The number of nitrogens with one attached hydrogen (secondary N) is 1. The van der Waals surface area contributed by atoms with Crippen LogP contribution in [0.2, 0.25) is 0 Å². The minimum Gasteiger partial charge on any atom is -0.312 e. The number of nitrogens with zero attached hydrogens (tertiary/aromatic N) is 4. The van der Waals surface area contributed by atoms with E-state index >= 15 is 0 Å². The predicted molar refractivity (Wildman–Crippen MR) is 59.4 cm³/mol. The van der Waals surface area contributed by atoms with Crippen molar-refractivity contribution in [3.8, 4) is 0 Å². The van der Waals surface area contributed by atoms with Crippen LogP contribution in [0.25, 0.3) is 0 Å². The van der Waals surface area contributed by atoms with Gasteiger partial charge in [0.2, 0.25) is 0 Å². The lowest BCUT2D eigenvalue weighted by molar-refractivity contribution is 0.367. The fourth-order valence-electron chi connectivity index (χ4n) is 1.56. The molecule has 1 aromatic rings. The number of hydrogen-bond acceptors (Lipinski definition) is 4. The molecule has 0 saturated carbocycles. The summed E-state index contributed by atoms with van der Waals surface area (Å²) in [4.78, 5) is 1.50. The number of tetrazole rings is 1. The molecule has 0 saturated heterocycles. The lowest BCUT2D eigenvalue weighted by Crippen LogP contribution is -2.37. The maximum Gasteiger partial charge on any atom is 0.175 e. The monoisotopic (exact) mass is 211 g/mol. The molecule has 0 radical (unpaired) electrons. The third kappa shape index (κ3) is 3.95. The van der Waals surface area contributed by atoms with Crippen LogP contribution in [0, 0.1) is 5.92 Å². The maximum atomic E-state index is 4.18. The van der Waals surface area contributed by atoms with E-state index in [-0.39, 0.29) is 0 Å². The van der Waals surface area contributed by atoms with Crippen LogP contribution >= 0.6 is 0 Å². The Morgan fingerprint density at radius 1 is 1.27 bits per heavy atom. The first-order chi connectivity index (χ1) is 6.99. The van der Waals surface area contributed by atoms with Crippen molar-refractivity contribution < 1.29 is 0 Å². The minimum absolute atomic E-state index is 0.466. The van der Waals surface area contributed by atoms with Crippen LogP contribution in [0.4, 0.5) is 0 Å². The quantitative estimate of drug-likeness (QED) is 0.782. The van der Waals surface area contributed by atoms with Crippen LogP contribution in [0.15, 0.2) is 0 Å². The first kappa shape index (κ1) is 12.1. The number of aryl methyl sites for hydroxylation is 1. The Balaban J connectivity index is 2.44. The highest BCUT2D eigenvalue weighted by Gasteiger charge is 2.15. The van der Waals surface area contributed by atoms with Gasteiger partial charge in [-0.1, -0.05) is 20.8 Å². The lowest BCUT2D eigenvalue weighted by Gasteiger charge is -2.22. The van der Waals surface area contributed by atoms with Crippen molar-refractivity contribution >= 4 is 0 Å². The largest absolute Gasteiger partial charge is 0.312 e. The highest BCUT2D eigenvalue weighted by Crippen LogP contribution is 2.08. The average molecular weight is 211 g/mol. The molecule has 86 valence electrons. The third-order valence-corrected chi connectivity index (χ3v) is 2.50. The third-order valence-electron chi connectivity index (χ3n) is 2.50. The predicted octanol–water partition coefficient (Wildman–Crippen LogP) is 0.775. The van der Waals surface area contributed by atoms with Crippen LogP contribution in [-0.2, 0) is 13.5 Å². The second kappa shape index (κ2) is 5.21. The number of rotatable bonds is 5. The molecule has 0 aliphatic carbocycles. The van der Waals surface area contributed by atoms with Crippen molar-refractivity contribution in [2.75, 3.05) is 0 Å². The zero-order valence-electron chi connectivity index (χ0n) is 10.2. The highest BCUT2D eigenvalue weighted by molar-refractivity contribution is 4.83. The lowest BCUT2D eigenvalue weighted by atomic mass is 9.99. The van der Waals surface area contributed by atoms with E-state index in [1.807, 2.05) is 0 Å². The molecule has 0 aromatic carbocycles. The second-order valence-electron chi connectivity index (χ2n) is 4.49. The van der Waals surface area contributed by atoms with Gasteiger partial charge in [0.05, 0.1) is 7.05 Å². The Labute approximate surface area is 91.2 Å². The summed E-state index contributed by atoms with van der Waals surface area (Å²) in [6.07, 6.45) is 0.870. The van der Waals surface area contributed by atoms with Gasteiger partial charge in [-0.05, 0) is 18.1 Å². The molecule has 2 atom stereocenters. The normalized spacial score (nSPS) is 15.6. The van der Waals surface area contributed by atoms with E-state index in [1.54, 1.807) is 7.05 Å². The molecule has 0 bridgehead atoms. The first-order valence-corrected chi connectivity index (χ1v) is 5.48. The van der Waals surface area contributed by atoms with Gasteiger partial charge in [0.15, 0.2) is 5.82 Å². The van der Waals surface area contributed by atoms with Crippen molar-refractivity contribution in [3.05, 3.63) is 5.82 Å². The van der Waals surface area contributed by atoms with E-state index in [9.17, 15) is 0 Å². The van der Waals surface area contributed by atoms with Gasteiger partial charge < -0.3 is 5.32 Å². The zero-order valence-corrected chi connectivity index (χ0v) is 10.2. The Morgan fingerprint density at radius 3 is 2.40 bits per heavy atom. The Kier molecular flexibility index (Phi) is 4.20. The van der Waals surface area contributed by atoms with Gasteiger partial charge in [0.1, 0.15) is 0 Å². The van der Waals surface area contributed by atoms with Crippen LogP contribution < -0.4 is 5.32 Å². The van der Waals surface area contributed by atoms with Gasteiger partial charge in [-0.15, -0.1) is 10.2 Å². The molecule has 0 aliphatic heterocycles.